The lowest BCUT2D eigenvalue weighted by Crippen LogP contribution is -2.53. The van der Waals surface area contributed by atoms with Gasteiger partial charge in [-0.15, -0.1) is 0 Å². The molecule has 0 aromatic heterocycles. The third kappa shape index (κ3) is 4.35. The molecule has 1 aliphatic carbocycles. The van der Waals surface area contributed by atoms with Gasteiger partial charge in [0.15, 0.2) is 0 Å². The van der Waals surface area contributed by atoms with Crippen LogP contribution in [0.5, 0.6) is 0 Å². The second kappa shape index (κ2) is 8.62. The van der Waals surface area contributed by atoms with Gasteiger partial charge in [0.25, 0.3) is 0 Å². The maximum atomic E-state index is 12.7. The number of hydrogen-bond donors (Lipinski definition) is 1. The topological polar surface area (TPSA) is 38.3 Å². The first-order valence-electron chi connectivity index (χ1n) is 9.51. The van der Waals surface area contributed by atoms with E-state index in [0.717, 1.165) is 20.4 Å². The number of esters is 1. The second-order valence-electron chi connectivity index (χ2n) is 7.21. The minimum absolute atomic E-state index is 0.212. The number of carbonyl (C=O) groups excluding carboxylic acids is 1. The number of methoxy groups -OCH3 is 1. The normalized spacial score (nSPS) is 14.4. The van der Waals surface area contributed by atoms with Crippen molar-refractivity contribution in [1.82, 2.24) is 5.32 Å². The van der Waals surface area contributed by atoms with Crippen molar-refractivity contribution in [2.45, 2.75) is 34.7 Å². The average molecular weight is 424 g/mol. The van der Waals surface area contributed by atoms with Gasteiger partial charge < -0.3 is 4.74 Å². The lowest BCUT2D eigenvalue weighted by molar-refractivity contribution is -0.148. The summed E-state index contributed by atoms with van der Waals surface area (Å²) in [5.74, 6) is -0.212. The predicted molar refractivity (Wildman–Crippen MR) is 117 cm³/mol. The van der Waals surface area contributed by atoms with Crippen LogP contribution in [-0.2, 0) is 28.9 Å². The number of halogens is 1. The summed E-state index contributed by atoms with van der Waals surface area (Å²) in [6.45, 7) is 0.583. The lowest BCUT2D eigenvalue weighted by Gasteiger charge is -2.28. The van der Waals surface area contributed by atoms with E-state index < -0.39 is 5.54 Å². The molecular weight excluding hydrogens is 402 g/mol. The van der Waals surface area contributed by atoms with Crippen LogP contribution in [0.15, 0.2) is 82.6 Å². The van der Waals surface area contributed by atoms with Gasteiger partial charge in [-0.05, 0) is 47.0 Å². The van der Waals surface area contributed by atoms with Crippen molar-refractivity contribution in [1.29, 1.82) is 0 Å². The molecule has 1 N–H and O–H groups in total. The molecule has 0 amide bonds. The van der Waals surface area contributed by atoms with Crippen molar-refractivity contribution in [2.24, 2.45) is 0 Å². The molecular formula is C24H22ClNO2S. The summed E-state index contributed by atoms with van der Waals surface area (Å²) >= 11 is 7.69. The third-order valence-corrected chi connectivity index (χ3v) is 6.69. The highest BCUT2D eigenvalue weighted by Crippen LogP contribution is 2.34. The van der Waals surface area contributed by atoms with Crippen molar-refractivity contribution in [3.63, 3.8) is 0 Å². The Bertz CT molecular complexity index is 994. The molecule has 0 bridgehead atoms. The minimum atomic E-state index is -0.726. The first-order valence-corrected chi connectivity index (χ1v) is 10.7. The van der Waals surface area contributed by atoms with Crippen LogP contribution in [0.4, 0.5) is 0 Å². The molecule has 0 saturated heterocycles. The molecule has 29 heavy (non-hydrogen) atoms. The van der Waals surface area contributed by atoms with Crippen molar-refractivity contribution in [2.75, 3.05) is 7.11 Å². The summed E-state index contributed by atoms with van der Waals surface area (Å²) in [4.78, 5) is 15.0. The van der Waals surface area contributed by atoms with Gasteiger partial charge >= 0.3 is 5.97 Å². The number of ether oxygens (including phenoxy) is 1. The maximum absolute atomic E-state index is 12.7. The van der Waals surface area contributed by atoms with E-state index in [9.17, 15) is 4.79 Å². The van der Waals surface area contributed by atoms with E-state index in [-0.39, 0.29) is 5.97 Å². The molecule has 5 heteroatoms. The van der Waals surface area contributed by atoms with E-state index in [4.69, 9.17) is 16.3 Å². The molecule has 0 unspecified atom stereocenters. The SMILES string of the molecule is COC(=O)C1(NCc2ccccc2Sc2ccc(Cl)cc2)Cc2ccccc2C1. The summed E-state index contributed by atoms with van der Waals surface area (Å²) in [5.41, 5.74) is 2.83. The Hall–Kier alpha value is -2.27. The number of benzene rings is 3. The van der Waals surface area contributed by atoms with Crippen LogP contribution in [0.1, 0.15) is 16.7 Å². The molecule has 3 nitrogen and oxygen atoms in total. The summed E-state index contributed by atoms with van der Waals surface area (Å²) in [6.07, 6.45) is 1.28. The van der Waals surface area contributed by atoms with Crippen molar-refractivity contribution >= 4 is 29.3 Å². The quantitative estimate of drug-likeness (QED) is 0.546. The monoisotopic (exact) mass is 423 g/mol. The minimum Gasteiger partial charge on any atom is -0.468 e. The zero-order chi connectivity index (χ0) is 20.3. The summed E-state index contributed by atoms with van der Waals surface area (Å²) < 4.78 is 5.18. The Labute approximate surface area is 180 Å². The van der Waals surface area contributed by atoms with Crippen LogP contribution in [0.2, 0.25) is 5.02 Å². The second-order valence-corrected chi connectivity index (χ2v) is 8.77. The standard InChI is InChI=1S/C24H22ClNO2S/c1-28-23(27)24(14-17-6-2-3-7-18(17)15-24)26-16-19-8-4-5-9-22(19)29-21-12-10-20(25)11-13-21/h2-13,26H,14-16H2,1H3. The van der Waals surface area contributed by atoms with Crippen molar-refractivity contribution < 1.29 is 9.53 Å². The van der Waals surface area contributed by atoms with E-state index in [1.807, 2.05) is 48.5 Å². The molecule has 0 heterocycles. The zero-order valence-corrected chi connectivity index (χ0v) is 17.7. The lowest BCUT2D eigenvalue weighted by atomic mass is 9.95. The fourth-order valence-corrected chi connectivity index (χ4v) is 4.87. The maximum Gasteiger partial charge on any atom is 0.326 e. The van der Waals surface area contributed by atoms with Gasteiger partial charge in [-0.2, -0.15) is 0 Å². The number of carbonyl (C=O) groups is 1. The Morgan fingerprint density at radius 3 is 2.28 bits per heavy atom. The molecule has 1 aliphatic rings. The molecule has 3 aromatic carbocycles. The molecule has 4 rings (SSSR count). The van der Waals surface area contributed by atoms with Gasteiger partial charge in [-0.25, -0.2) is 0 Å². The van der Waals surface area contributed by atoms with E-state index in [2.05, 4.69) is 29.6 Å². The van der Waals surface area contributed by atoms with E-state index >= 15 is 0 Å². The number of fused-ring (bicyclic) bond motifs is 1. The first-order chi connectivity index (χ1) is 14.1. The van der Waals surface area contributed by atoms with E-state index in [1.165, 1.54) is 18.2 Å². The van der Waals surface area contributed by atoms with Crippen LogP contribution < -0.4 is 5.32 Å². The molecule has 0 saturated carbocycles. The van der Waals surface area contributed by atoms with Gasteiger partial charge in [0.1, 0.15) is 5.54 Å². The number of hydrogen-bond acceptors (Lipinski definition) is 4. The van der Waals surface area contributed by atoms with E-state index in [0.29, 0.717) is 19.4 Å². The van der Waals surface area contributed by atoms with Crippen LogP contribution in [0.3, 0.4) is 0 Å². The fraction of sp³-hybridized carbons (Fsp3) is 0.208. The largest absolute Gasteiger partial charge is 0.468 e. The number of nitrogens with one attached hydrogen (secondary N) is 1. The Morgan fingerprint density at radius 2 is 1.62 bits per heavy atom. The third-order valence-electron chi connectivity index (χ3n) is 5.31. The molecule has 0 aliphatic heterocycles. The fourth-order valence-electron chi connectivity index (χ4n) is 3.80. The van der Waals surface area contributed by atoms with Crippen molar-refractivity contribution in [3.05, 3.63) is 94.5 Å². The average Bonchev–Trinajstić information content (AvgIpc) is 3.14. The van der Waals surface area contributed by atoms with Crippen LogP contribution >= 0.6 is 23.4 Å². The van der Waals surface area contributed by atoms with Gasteiger partial charge in [0.05, 0.1) is 7.11 Å². The van der Waals surface area contributed by atoms with E-state index in [1.54, 1.807) is 11.8 Å². The smallest absolute Gasteiger partial charge is 0.326 e. The highest BCUT2D eigenvalue weighted by molar-refractivity contribution is 7.99. The van der Waals surface area contributed by atoms with Crippen LogP contribution in [-0.4, -0.2) is 18.6 Å². The summed E-state index contributed by atoms with van der Waals surface area (Å²) in [6, 6.07) is 24.3. The number of rotatable bonds is 6. The van der Waals surface area contributed by atoms with Gasteiger partial charge in [0.2, 0.25) is 0 Å². The predicted octanol–water partition coefficient (Wildman–Crippen LogP) is 5.29. The zero-order valence-electron chi connectivity index (χ0n) is 16.2. The van der Waals surface area contributed by atoms with Gasteiger partial charge in [-0.1, -0.05) is 65.8 Å². The van der Waals surface area contributed by atoms with Gasteiger partial charge in [-0.3, -0.25) is 10.1 Å². The highest BCUT2D eigenvalue weighted by atomic mass is 35.5. The molecule has 0 radical (unpaired) electrons. The molecule has 0 atom stereocenters. The highest BCUT2D eigenvalue weighted by Gasteiger charge is 2.44. The first kappa shape index (κ1) is 20.0. The molecule has 148 valence electrons. The Balaban J connectivity index is 1.54. The Morgan fingerprint density at radius 1 is 1.00 bits per heavy atom. The van der Waals surface area contributed by atoms with Gasteiger partial charge in [0, 0.05) is 34.2 Å². The molecule has 0 spiro atoms. The Kier molecular flexibility index (Phi) is 5.95. The van der Waals surface area contributed by atoms with Crippen LogP contribution in [0, 0.1) is 0 Å². The van der Waals surface area contributed by atoms with Crippen molar-refractivity contribution in [3.8, 4) is 0 Å². The molecule has 0 fully saturated rings. The summed E-state index contributed by atoms with van der Waals surface area (Å²) in [5, 5.41) is 4.26. The summed E-state index contributed by atoms with van der Waals surface area (Å²) in [7, 11) is 1.46. The van der Waals surface area contributed by atoms with Crippen LogP contribution in [0.25, 0.3) is 0 Å². The molecule has 3 aromatic rings.